The van der Waals surface area contributed by atoms with Gasteiger partial charge in [0.15, 0.2) is 0 Å². The lowest BCUT2D eigenvalue weighted by molar-refractivity contribution is 0.0167. The van der Waals surface area contributed by atoms with Crippen LogP contribution in [0.3, 0.4) is 0 Å². The second kappa shape index (κ2) is 5.73. The SMILES string of the molecule is CC1CCN(C(=O)OC(C)(C)C)CC1N.Cl. The number of hydrogen-bond acceptors (Lipinski definition) is 3. The van der Waals surface area contributed by atoms with Gasteiger partial charge in [0, 0.05) is 19.1 Å². The van der Waals surface area contributed by atoms with Crippen molar-refractivity contribution in [3.63, 3.8) is 0 Å². The molecule has 0 radical (unpaired) electrons. The third kappa shape index (κ3) is 4.58. The minimum absolute atomic E-state index is 0. The maximum Gasteiger partial charge on any atom is 0.410 e. The summed E-state index contributed by atoms with van der Waals surface area (Å²) in [6, 6.07) is 0.0752. The normalized spacial score (nSPS) is 25.9. The van der Waals surface area contributed by atoms with E-state index in [-0.39, 0.29) is 24.5 Å². The lowest BCUT2D eigenvalue weighted by Crippen LogP contribution is -2.50. The number of piperidine rings is 1. The highest BCUT2D eigenvalue weighted by Gasteiger charge is 2.29. The molecular formula is C11H23ClN2O2. The van der Waals surface area contributed by atoms with Gasteiger partial charge in [0.1, 0.15) is 5.60 Å². The summed E-state index contributed by atoms with van der Waals surface area (Å²) in [6.07, 6.45) is 0.713. The Morgan fingerprint density at radius 3 is 2.44 bits per heavy atom. The van der Waals surface area contributed by atoms with E-state index < -0.39 is 5.60 Å². The van der Waals surface area contributed by atoms with Crippen LogP contribution in [0.4, 0.5) is 4.79 Å². The number of nitrogens with two attached hydrogens (primary N) is 1. The Kier molecular flexibility index (Phi) is 5.56. The van der Waals surface area contributed by atoms with Crippen LogP contribution in [0.1, 0.15) is 34.1 Å². The summed E-state index contributed by atoms with van der Waals surface area (Å²) in [7, 11) is 0. The van der Waals surface area contributed by atoms with Gasteiger partial charge in [-0.25, -0.2) is 4.79 Å². The number of amides is 1. The maximum atomic E-state index is 11.7. The predicted molar refractivity (Wildman–Crippen MR) is 66.8 cm³/mol. The second-order valence-corrected chi connectivity index (χ2v) is 5.36. The van der Waals surface area contributed by atoms with Crippen LogP contribution in [-0.4, -0.2) is 35.7 Å². The van der Waals surface area contributed by atoms with Gasteiger partial charge in [-0.15, -0.1) is 12.4 Å². The van der Waals surface area contributed by atoms with Crippen LogP contribution in [0, 0.1) is 5.92 Å². The first-order valence-corrected chi connectivity index (χ1v) is 5.53. The minimum atomic E-state index is -0.426. The van der Waals surface area contributed by atoms with Crippen LogP contribution < -0.4 is 5.73 Å². The molecule has 1 fully saturated rings. The lowest BCUT2D eigenvalue weighted by Gasteiger charge is -2.35. The van der Waals surface area contributed by atoms with Gasteiger partial charge < -0.3 is 15.4 Å². The fraction of sp³-hybridized carbons (Fsp3) is 0.909. The fourth-order valence-electron chi connectivity index (χ4n) is 1.59. The fourth-order valence-corrected chi connectivity index (χ4v) is 1.59. The smallest absolute Gasteiger partial charge is 0.410 e. The van der Waals surface area contributed by atoms with Gasteiger partial charge in [-0.1, -0.05) is 6.92 Å². The third-order valence-electron chi connectivity index (χ3n) is 2.67. The number of nitrogens with zero attached hydrogens (tertiary/aromatic N) is 1. The predicted octanol–water partition coefficient (Wildman–Crippen LogP) is 2.01. The molecule has 0 saturated carbocycles. The van der Waals surface area contributed by atoms with E-state index in [0.29, 0.717) is 12.5 Å². The highest BCUT2D eigenvalue weighted by atomic mass is 35.5. The third-order valence-corrected chi connectivity index (χ3v) is 2.67. The van der Waals surface area contributed by atoms with E-state index in [1.165, 1.54) is 0 Å². The molecule has 0 aromatic rings. The second-order valence-electron chi connectivity index (χ2n) is 5.36. The van der Waals surface area contributed by atoms with Crippen LogP contribution in [0.5, 0.6) is 0 Å². The molecule has 1 aliphatic rings. The molecule has 2 atom stereocenters. The molecule has 2 N–H and O–H groups in total. The molecule has 0 spiro atoms. The summed E-state index contributed by atoms with van der Waals surface area (Å²) in [6.45, 7) is 9.10. The van der Waals surface area contributed by atoms with Crippen molar-refractivity contribution in [1.29, 1.82) is 0 Å². The van der Waals surface area contributed by atoms with E-state index in [2.05, 4.69) is 6.92 Å². The van der Waals surface area contributed by atoms with Crippen LogP contribution in [0.25, 0.3) is 0 Å². The minimum Gasteiger partial charge on any atom is -0.444 e. The molecule has 1 rings (SSSR count). The Bertz CT molecular complexity index is 241. The van der Waals surface area contributed by atoms with Gasteiger partial charge in [0.05, 0.1) is 0 Å². The zero-order chi connectivity index (χ0) is 11.6. The van der Waals surface area contributed by atoms with E-state index in [1.54, 1.807) is 4.90 Å². The van der Waals surface area contributed by atoms with Crippen molar-refractivity contribution in [1.82, 2.24) is 4.90 Å². The largest absolute Gasteiger partial charge is 0.444 e. The molecule has 1 amide bonds. The summed E-state index contributed by atoms with van der Waals surface area (Å²) in [4.78, 5) is 13.4. The Hall–Kier alpha value is -0.480. The van der Waals surface area contributed by atoms with Gasteiger partial charge in [0.2, 0.25) is 0 Å². The summed E-state index contributed by atoms with van der Waals surface area (Å²) in [5.74, 6) is 0.490. The Balaban J connectivity index is 0.00000225. The topological polar surface area (TPSA) is 55.6 Å². The first kappa shape index (κ1) is 15.5. The number of halogens is 1. The van der Waals surface area contributed by atoms with Crippen LogP contribution in [0.2, 0.25) is 0 Å². The molecule has 0 bridgehead atoms. The monoisotopic (exact) mass is 250 g/mol. The standard InChI is InChI=1S/C11H22N2O2.ClH/c1-8-5-6-13(7-9(8)12)10(14)15-11(2,3)4;/h8-9H,5-7,12H2,1-4H3;1H. The Labute approximate surface area is 104 Å². The van der Waals surface area contributed by atoms with E-state index in [1.807, 2.05) is 20.8 Å². The molecule has 0 aromatic carbocycles. The van der Waals surface area contributed by atoms with Crippen molar-refractivity contribution in [3.8, 4) is 0 Å². The summed E-state index contributed by atoms with van der Waals surface area (Å²) >= 11 is 0. The molecule has 16 heavy (non-hydrogen) atoms. The van der Waals surface area contributed by atoms with Crippen LogP contribution in [0.15, 0.2) is 0 Å². The zero-order valence-electron chi connectivity index (χ0n) is 10.5. The van der Waals surface area contributed by atoms with Gasteiger partial charge in [-0.3, -0.25) is 0 Å². The van der Waals surface area contributed by atoms with Crippen molar-refractivity contribution >= 4 is 18.5 Å². The number of carbonyl (C=O) groups is 1. The number of rotatable bonds is 0. The van der Waals surface area contributed by atoms with Crippen molar-refractivity contribution in [3.05, 3.63) is 0 Å². The van der Waals surface area contributed by atoms with E-state index >= 15 is 0 Å². The number of carbonyl (C=O) groups excluding carboxylic acids is 1. The molecule has 0 aliphatic carbocycles. The quantitative estimate of drug-likeness (QED) is 0.716. The molecule has 4 nitrogen and oxygen atoms in total. The Morgan fingerprint density at radius 2 is 2.00 bits per heavy atom. The van der Waals surface area contributed by atoms with Crippen molar-refractivity contribution < 1.29 is 9.53 Å². The molecule has 0 aromatic heterocycles. The molecule has 1 aliphatic heterocycles. The van der Waals surface area contributed by atoms with Crippen molar-refractivity contribution in [2.75, 3.05) is 13.1 Å². The Morgan fingerprint density at radius 1 is 1.44 bits per heavy atom. The van der Waals surface area contributed by atoms with E-state index in [9.17, 15) is 4.79 Å². The number of hydrogen-bond donors (Lipinski definition) is 1. The van der Waals surface area contributed by atoms with Crippen molar-refractivity contribution in [2.45, 2.75) is 45.8 Å². The number of likely N-dealkylation sites (tertiary alicyclic amines) is 1. The lowest BCUT2D eigenvalue weighted by atomic mass is 9.95. The highest BCUT2D eigenvalue weighted by molar-refractivity contribution is 5.85. The number of ether oxygens (including phenoxy) is 1. The van der Waals surface area contributed by atoms with Crippen LogP contribution >= 0.6 is 12.4 Å². The van der Waals surface area contributed by atoms with E-state index in [4.69, 9.17) is 10.5 Å². The summed E-state index contributed by atoms with van der Waals surface area (Å²) < 4.78 is 5.29. The zero-order valence-corrected chi connectivity index (χ0v) is 11.3. The van der Waals surface area contributed by atoms with Crippen LogP contribution in [-0.2, 0) is 4.74 Å². The first-order valence-electron chi connectivity index (χ1n) is 5.53. The first-order chi connectivity index (χ1) is 6.79. The molecule has 1 saturated heterocycles. The summed E-state index contributed by atoms with van der Waals surface area (Å²) in [5.41, 5.74) is 5.49. The van der Waals surface area contributed by atoms with E-state index in [0.717, 1.165) is 13.0 Å². The average Bonchev–Trinajstić information content (AvgIpc) is 2.06. The molecule has 1 heterocycles. The van der Waals surface area contributed by atoms with Crippen molar-refractivity contribution in [2.24, 2.45) is 11.7 Å². The average molecular weight is 251 g/mol. The molecule has 96 valence electrons. The van der Waals surface area contributed by atoms with Gasteiger partial charge in [-0.2, -0.15) is 0 Å². The molecule has 5 heteroatoms. The molecular weight excluding hydrogens is 228 g/mol. The molecule has 2 unspecified atom stereocenters. The maximum absolute atomic E-state index is 11.7. The summed E-state index contributed by atoms with van der Waals surface area (Å²) in [5, 5.41) is 0. The van der Waals surface area contributed by atoms with Gasteiger partial charge >= 0.3 is 6.09 Å². The van der Waals surface area contributed by atoms with Gasteiger partial charge in [-0.05, 0) is 33.1 Å². The highest BCUT2D eigenvalue weighted by Crippen LogP contribution is 2.18. The van der Waals surface area contributed by atoms with Gasteiger partial charge in [0.25, 0.3) is 0 Å².